The molecule has 0 saturated heterocycles. The maximum atomic E-state index is 12.9. The molecular formula is C18H16FN3O3S. The average molecular weight is 373 g/mol. The second kappa shape index (κ2) is 7.09. The van der Waals surface area contributed by atoms with Crippen LogP contribution in [0.3, 0.4) is 0 Å². The van der Waals surface area contributed by atoms with E-state index in [4.69, 9.17) is 4.74 Å². The summed E-state index contributed by atoms with van der Waals surface area (Å²) in [7, 11) is -3.80. The summed E-state index contributed by atoms with van der Waals surface area (Å²) in [6.07, 6.45) is 0. The van der Waals surface area contributed by atoms with Gasteiger partial charge in [0.15, 0.2) is 0 Å². The molecule has 3 rings (SSSR count). The molecule has 0 saturated carbocycles. The minimum atomic E-state index is -3.80. The summed E-state index contributed by atoms with van der Waals surface area (Å²) < 4.78 is 45.5. The number of aromatic nitrogens is 2. The number of halogens is 1. The molecule has 0 bridgehead atoms. The SMILES string of the molecule is Cc1cc(C)nc(Oc2ccc(NS(=O)(=O)c3ccc(F)cc3)cc2)n1. The van der Waals surface area contributed by atoms with E-state index in [1.54, 1.807) is 24.3 Å². The topological polar surface area (TPSA) is 81.2 Å². The van der Waals surface area contributed by atoms with Crippen LogP contribution < -0.4 is 9.46 Å². The second-order valence-corrected chi connectivity index (χ2v) is 7.30. The summed E-state index contributed by atoms with van der Waals surface area (Å²) in [5.41, 5.74) is 1.93. The number of nitrogens with one attached hydrogen (secondary N) is 1. The van der Waals surface area contributed by atoms with Crippen molar-refractivity contribution in [1.82, 2.24) is 9.97 Å². The molecule has 0 atom stereocenters. The van der Waals surface area contributed by atoms with Gasteiger partial charge in [-0.15, -0.1) is 0 Å². The van der Waals surface area contributed by atoms with Crippen molar-refractivity contribution < 1.29 is 17.5 Å². The number of sulfonamides is 1. The number of ether oxygens (including phenoxy) is 1. The summed E-state index contributed by atoms with van der Waals surface area (Å²) >= 11 is 0. The van der Waals surface area contributed by atoms with Gasteiger partial charge in [-0.25, -0.2) is 22.8 Å². The molecule has 8 heteroatoms. The molecular weight excluding hydrogens is 357 g/mol. The lowest BCUT2D eigenvalue weighted by Crippen LogP contribution is -2.12. The van der Waals surface area contributed by atoms with E-state index in [1.807, 2.05) is 19.9 Å². The van der Waals surface area contributed by atoms with E-state index < -0.39 is 15.8 Å². The second-order valence-electron chi connectivity index (χ2n) is 5.62. The van der Waals surface area contributed by atoms with E-state index in [1.165, 1.54) is 12.1 Å². The van der Waals surface area contributed by atoms with Crippen molar-refractivity contribution in [3.8, 4) is 11.8 Å². The number of nitrogens with zero attached hydrogens (tertiary/aromatic N) is 2. The molecule has 0 radical (unpaired) electrons. The Balaban J connectivity index is 1.74. The van der Waals surface area contributed by atoms with Crippen LogP contribution in [0, 0.1) is 19.7 Å². The number of hydrogen-bond donors (Lipinski definition) is 1. The van der Waals surface area contributed by atoms with Gasteiger partial charge in [0, 0.05) is 17.1 Å². The Labute approximate surface area is 150 Å². The highest BCUT2D eigenvalue weighted by atomic mass is 32.2. The number of aryl methyl sites for hydroxylation is 2. The zero-order valence-corrected chi connectivity index (χ0v) is 14.9. The van der Waals surface area contributed by atoms with Crippen molar-refractivity contribution in [2.24, 2.45) is 0 Å². The first-order chi connectivity index (χ1) is 12.3. The minimum absolute atomic E-state index is 0.0251. The third kappa shape index (κ3) is 4.34. The summed E-state index contributed by atoms with van der Waals surface area (Å²) in [6, 6.07) is 13.0. The van der Waals surface area contributed by atoms with Crippen molar-refractivity contribution in [3.63, 3.8) is 0 Å². The quantitative estimate of drug-likeness (QED) is 0.735. The maximum Gasteiger partial charge on any atom is 0.322 e. The fourth-order valence-electron chi connectivity index (χ4n) is 2.26. The van der Waals surface area contributed by atoms with Gasteiger partial charge < -0.3 is 4.74 Å². The molecule has 3 aromatic rings. The van der Waals surface area contributed by atoms with Gasteiger partial charge in [-0.2, -0.15) is 0 Å². The lowest BCUT2D eigenvalue weighted by Gasteiger charge is -2.09. The molecule has 1 N–H and O–H groups in total. The van der Waals surface area contributed by atoms with Gasteiger partial charge in [0.2, 0.25) is 0 Å². The van der Waals surface area contributed by atoms with Gasteiger partial charge in [-0.05, 0) is 68.4 Å². The van der Waals surface area contributed by atoms with Crippen LogP contribution in [0.4, 0.5) is 10.1 Å². The summed E-state index contributed by atoms with van der Waals surface area (Å²) in [5, 5.41) is 0. The molecule has 0 unspecified atom stereocenters. The lowest BCUT2D eigenvalue weighted by atomic mass is 10.3. The zero-order chi connectivity index (χ0) is 18.7. The first kappa shape index (κ1) is 17.8. The van der Waals surface area contributed by atoms with Crippen LogP contribution in [0.2, 0.25) is 0 Å². The fraction of sp³-hybridized carbons (Fsp3) is 0.111. The molecule has 0 aliphatic carbocycles. The highest BCUT2D eigenvalue weighted by molar-refractivity contribution is 7.92. The molecule has 26 heavy (non-hydrogen) atoms. The number of hydrogen-bond acceptors (Lipinski definition) is 5. The molecule has 6 nitrogen and oxygen atoms in total. The fourth-order valence-corrected chi connectivity index (χ4v) is 3.32. The van der Waals surface area contributed by atoms with Crippen LogP contribution in [-0.4, -0.2) is 18.4 Å². The van der Waals surface area contributed by atoms with E-state index in [0.29, 0.717) is 11.4 Å². The minimum Gasteiger partial charge on any atom is -0.424 e. The van der Waals surface area contributed by atoms with Crippen LogP contribution in [0.5, 0.6) is 11.8 Å². The van der Waals surface area contributed by atoms with E-state index in [2.05, 4.69) is 14.7 Å². The Hall–Kier alpha value is -3.00. The Kier molecular flexibility index (Phi) is 4.85. The average Bonchev–Trinajstić information content (AvgIpc) is 2.56. The Bertz CT molecular complexity index is 1000. The number of benzene rings is 2. The van der Waals surface area contributed by atoms with E-state index in [0.717, 1.165) is 23.5 Å². The van der Waals surface area contributed by atoms with Gasteiger partial charge in [-0.1, -0.05) is 0 Å². The summed E-state index contributed by atoms with van der Waals surface area (Å²) in [5.74, 6) is -0.0289. The first-order valence-electron chi connectivity index (χ1n) is 7.70. The van der Waals surface area contributed by atoms with Crippen molar-refractivity contribution in [1.29, 1.82) is 0 Å². The molecule has 0 fully saturated rings. The number of anilines is 1. The van der Waals surface area contributed by atoms with Crippen LogP contribution >= 0.6 is 0 Å². The molecule has 0 aliphatic heterocycles. The highest BCUT2D eigenvalue weighted by Crippen LogP contribution is 2.22. The molecule has 1 heterocycles. The predicted octanol–water partition coefficient (Wildman–Crippen LogP) is 3.83. The van der Waals surface area contributed by atoms with Crippen molar-refractivity contribution >= 4 is 15.7 Å². The van der Waals surface area contributed by atoms with E-state index in [-0.39, 0.29) is 10.9 Å². The third-order valence-electron chi connectivity index (χ3n) is 3.40. The van der Waals surface area contributed by atoms with Gasteiger partial charge in [-0.3, -0.25) is 4.72 Å². The third-order valence-corrected chi connectivity index (χ3v) is 4.80. The van der Waals surface area contributed by atoms with Crippen LogP contribution in [0.1, 0.15) is 11.4 Å². The molecule has 0 amide bonds. The first-order valence-corrected chi connectivity index (χ1v) is 9.19. The van der Waals surface area contributed by atoms with Crippen molar-refractivity contribution in [2.45, 2.75) is 18.7 Å². The van der Waals surface area contributed by atoms with Gasteiger partial charge in [0.25, 0.3) is 10.0 Å². The number of rotatable bonds is 5. The standard InChI is InChI=1S/C18H16FN3O3S/c1-12-11-13(2)21-18(20-12)25-16-7-5-15(6-8-16)22-26(23,24)17-9-3-14(19)4-10-17/h3-11,22H,1-2H3. The monoisotopic (exact) mass is 373 g/mol. The Morgan fingerprint density at radius 2 is 1.50 bits per heavy atom. The highest BCUT2D eigenvalue weighted by Gasteiger charge is 2.14. The smallest absolute Gasteiger partial charge is 0.322 e. The van der Waals surface area contributed by atoms with E-state index >= 15 is 0 Å². The van der Waals surface area contributed by atoms with Gasteiger partial charge in [0.05, 0.1) is 4.90 Å². The summed E-state index contributed by atoms with van der Waals surface area (Å²) in [4.78, 5) is 8.34. The Morgan fingerprint density at radius 1 is 0.923 bits per heavy atom. The van der Waals surface area contributed by atoms with Gasteiger partial charge >= 0.3 is 6.01 Å². The maximum absolute atomic E-state index is 12.9. The zero-order valence-electron chi connectivity index (χ0n) is 14.1. The van der Waals surface area contributed by atoms with E-state index in [9.17, 15) is 12.8 Å². The van der Waals surface area contributed by atoms with Crippen LogP contribution in [-0.2, 0) is 10.0 Å². The normalized spacial score (nSPS) is 11.2. The lowest BCUT2D eigenvalue weighted by molar-refractivity contribution is 0.439. The molecule has 0 aliphatic rings. The molecule has 0 spiro atoms. The molecule has 134 valence electrons. The van der Waals surface area contributed by atoms with Gasteiger partial charge in [0.1, 0.15) is 11.6 Å². The predicted molar refractivity (Wildman–Crippen MR) is 95.2 cm³/mol. The Morgan fingerprint density at radius 3 is 2.08 bits per heavy atom. The van der Waals surface area contributed by atoms with Crippen molar-refractivity contribution in [2.75, 3.05) is 4.72 Å². The van der Waals surface area contributed by atoms with Crippen LogP contribution in [0.15, 0.2) is 59.5 Å². The summed E-state index contributed by atoms with van der Waals surface area (Å²) in [6.45, 7) is 3.68. The van der Waals surface area contributed by atoms with Crippen LogP contribution in [0.25, 0.3) is 0 Å². The van der Waals surface area contributed by atoms with Crippen molar-refractivity contribution in [3.05, 3.63) is 71.8 Å². The molecule has 1 aromatic heterocycles. The largest absolute Gasteiger partial charge is 0.424 e. The molecule has 2 aromatic carbocycles.